The molecule has 3 nitrogen and oxygen atoms in total. The van der Waals surface area contributed by atoms with Crippen molar-refractivity contribution in [2.24, 2.45) is 5.92 Å². The number of hydrogen-bond acceptors (Lipinski definition) is 2. The van der Waals surface area contributed by atoms with Crippen LogP contribution >= 0.6 is 0 Å². The number of halogens is 3. The van der Waals surface area contributed by atoms with Crippen LogP contribution in [-0.2, 0) is 6.18 Å². The molecule has 1 aliphatic carbocycles. The number of carboxylic acids is 1. The summed E-state index contributed by atoms with van der Waals surface area (Å²) in [5.41, 5.74) is -1.94. The molecule has 0 heterocycles. The van der Waals surface area contributed by atoms with Crippen molar-refractivity contribution in [2.45, 2.75) is 31.9 Å². The standard InChI is InChI=1S/C14H15F3O3/c15-14(16,17)12-5-4-10(8-11(12)13(18)19)20-7-6-9-2-1-3-9/h4-5,8-9H,1-3,6-7H2,(H,18,19). The zero-order chi connectivity index (χ0) is 14.8. The van der Waals surface area contributed by atoms with E-state index in [0.29, 0.717) is 12.5 Å². The van der Waals surface area contributed by atoms with Crippen LogP contribution in [0.4, 0.5) is 13.2 Å². The highest BCUT2D eigenvalue weighted by Crippen LogP contribution is 2.34. The third-order valence-corrected chi connectivity index (χ3v) is 3.55. The van der Waals surface area contributed by atoms with Crippen molar-refractivity contribution in [3.63, 3.8) is 0 Å². The van der Waals surface area contributed by atoms with Crippen LogP contribution in [0, 0.1) is 5.92 Å². The lowest BCUT2D eigenvalue weighted by Gasteiger charge is -2.25. The summed E-state index contributed by atoms with van der Waals surface area (Å²) < 4.78 is 43.3. The molecule has 6 heteroatoms. The summed E-state index contributed by atoms with van der Waals surface area (Å²) >= 11 is 0. The first-order valence-electron chi connectivity index (χ1n) is 6.45. The highest BCUT2D eigenvalue weighted by atomic mass is 19.4. The fraction of sp³-hybridized carbons (Fsp3) is 0.500. The van der Waals surface area contributed by atoms with Crippen LogP contribution in [0.1, 0.15) is 41.6 Å². The first-order chi connectivity index (χ1) is 9.38. The average molecular weight is 288 g/mol. The highest BCUT2D eigenvalue weighted by Gasteiger charge is 2.35. The average Bonchev–Trinajstić information content (AvgIpc) is 2.30. The van der Waals surface area contributed by atoms with Crippen LogP contribution in [0.3, 0.4) is 0 Å². The second-order valence-electron chi connectivity index (χ2n) is 4.94. The second kappa shape index (κ2) is 5.73. The maximum Gasteiger partial charge on any atom is 0.417 e. The van der Waals surface area contributed by atoms with Crippen molar-refractivity contribution in [3.05, 3.63) is 29.3 Å². The Morgan fingerprint density at radius 3 is 2.55 bits per heavy atom. The Morgan fingerprint density at radius 1 is 1.35 bits per heavy atom. The zero-order valence-electron chi connectivity index (χ0n) is 10.7. The Morgan fingerprint density at radius 2 is 2.05 bits per heavy atom. The first-order valence-corrected chi connectivity index (χ1v) is 6.45. The van der Waals surface area contributed by atoms with E-state index in [1.54, 1.807) is 0 Å². The van der Waals surface area contributed by atoms with E-state index in [9.17, 15) is 18.0 Å². The quantitative estimate of drug-likeness (QED) is 0.891. The number of alkyl halides is 3. The van der Waals surface area contributed by atoms with Crippen LogP contribution in [0.15, 0.2) is 18.2 Å². The summed E-state index contributed by atoms with van der Waals surface area (Å²) in [6.07, 6.45) is -0.288. The van der Waals surface area contributed by atoms with Crippen LogP contribution < -0.4 is 4.74 Å². The van der Waals surface area contributed by atoms with Gasteiger partial charge in [-0.3, -0.25) is 0 Å². The largest absolute Gasteiger partial charge is 0.494 e. The molecule has 1 fully saturated rings. The number of rotatable bonds is 5. The molecule has 0 atom stereocenters. The van der Waals surface area contributed by atoms with Gasteiger partial charge >= 0.3 is 12.1 Å². The fourth-order valence-corrected chi connectivity index (χ4v) is 2.16. The lowest BCUT2D eigenvalue weighted by atomic mass is 9.83. The van der Waals surface area contributed by atoms with Gasteiger partial charge in [0.05, 0.1) is 17.7 Å². The predicted octanol–water partition coefficient (Wildman–Crippen LogP) is 3.97. The Labute approximate surface area is 114 Å². The Balaban J connectivity index is 2.06. The van der Waals surface area contributed by atoms with Gasteiger partial charge in [0, 0.05) is 0 Å². The summed E-state index contributed by atoms with van der Waals surface area (Å²) in [7, 11) is 0. The van der Waals surface area contributed by atoms with E-state index in [4.69, 9.17) is 9.84 Å². The lowest BCUT2D eigenvalue weighted by molar-refractivity contribution is -0.138. The minimum Gasteiger partial charge on any atom is -0.494 e. The van der Waals surface area contributed by atoms with E-state index < -0.39 is 23.3 Å². The van der Waals surface area contributed by atoms with Gasteiger partial charge in [0.15, 0.2) is 0 Å². The molecule has 0 bridgehead atoms. The first kappa shape index (κ1) is 14.7. The molecule has 1 aromatic carbocycles. The van der Waals surface area contributed by atoms with Crippen molar-refractivity contribution >= 4 is 5.97 Å². The van der Waals surface area contributed by atoms with Crippen LogP contribution in [-0.4, -0.2) is 17.7 Å². The van der Waals surface area contributed by atoms with Gasteiger partial charge < -0.3 is 9.84 Å². The molecule has 0 amide bonds. The molecule has 1 aliphatic rings. The molecule has 1 saturated carbocycles. The summed E-state index contributed by atoms with van der Waals surface area (Å²) in [6.45, 7) is 0.398. The maximum atomic E-state index is 12.6. The molecule has 1 N–H and O–H groups in total. The van der Waals surface area contributed by atoms with Crippen LogP contribution in [0.25, 0.3) is 0 Å². The van der Waals surface area contributed by atoms with E-state index in [-0.39, 0.29) is 5.75 Å². The van der Waals surface area contributed by atoms with Gasteiger partial charge in [-0.15, -0.1) is 0 Å². The number of carbonyl (C=O) groups is 1. The third kappa shape index (κ3) is 3.43. The summed E-state index contributed by atoms with van der Waals surface area (Å²) in [5, 5.41) is 8.86. The Kier molecular flexibility index (Phi) is 4.20. The highest BCUT2D eigenvalue weighted by molar-refractivity contribution is 5.90. The SMILES string of the molecule is O=C(O)c1cc(OCCC2CCC2)ccc1C(F)(F)F. The van der Waals surface area contributed by atoms with Crippen molar-refractivity contribution < 1.29 is 27.8 Å². The minimum atomic E-state index is -4.68. The molecule has 0 aliphatic heterocycles. The van der Waals surface area contributed by atoms with Crippen LogP contribution in [0.5, 0.6) is 5.75 Å². The Bertz CT molecular complexity index is 493. The monoisotopic (exact) mass is 288 g/mol. The van der Waals surface area contributed by atoms with E-state index in [0.717, 1.165) is 37.5 Å². The minimum absolute atomic E-state index is 0.162. The number of aromatic carboxylic acids is 1. The number of carboxylic acid groups (broad SMARTS) is 1. The van der Waals surface area contributed by atoms with Gasteiger partial charge in [0.2, 0.25) is 0 Å². The van der Waals surface area contributed by atoms with Gasteiger partial charge in [-0.25, -0.2) is 4.79 Å². The van der Waals surface area contributed by atoms with Gasteiger partial charge in [-0.1, -0.05) is 19.3 Å². The molecule has 110 valence electrons. The van der Waals surface area contributed by atoms with Crippen LogP contribution in [0.2, 0.25) is 0 Å². The predicted molar refractivity (Wildman–Crippen MR) is 65.9 cm³/mol. The van der Waals surface area contributed by atoms with Crippen molar-refractivity contribution in [1.82, 2.24) is 0 Å². The Hall–Kier alpha value is -1.72. The van der Waals surface area contributed by atoms with Crippen molar-refractivity contribution in [1.29, 1.82) is 0 Å². The van der Waals surface area contributed by atoms with Gasteiger partial charge in [-0.05, 0) is 30.5 Å². The summed E-state index contributed by atoms with van der Waals surface area (Å²) in [4.78, 5) is 10.9. The van der Waals surface area contributed by atoms with E-state index in [2.05, 4.69) is 0 Å². The van der Waals surface area contributed by atoms with Crippen molar-refractivity contribution in [2.75, 3.05) is 6.61 Å². The molecule has 0 saturated heterocycles. The van der Waals surface area contributed by atoms with Gasteiger partial charge in [0.25, 0.3) is 0 Å². The zero-order valence-corrected chi connectivity index (χ0v) is 10.7. The molecule has 0 radical (unpaired) electrons. The molecule has 20 heavy (non-hydrogen) atoms. The molecule has 1 aromatic rings. The molecule has 2 rings (SSSR count). The number of benzene rings is 1. The summed E-state index contributed by atoms with van der Waals surface area (Å²) in [6, 6.07) is 2.85. The third-order valence-electron chi connectivity index (χ3n) is 3.55. The number of ether oxygens (including phenoxy) is 1. The van der Waals surface area contributed by atoms with E-state index >= 15 is 0 Å². The molecule has 0 aromatic heterocycles. The lowest BCUT2D eigenvalue weighted by Crippen LogP contribution is -2.15. The topological polar surface area (TPSA) is 46.5 Å². The van der Waals surface area contributed by atoms with Gasteiger partial charge in [0.1, 0.15) is 5.75 Å². The fourth-order valence-electron chi connectivity index (χ4n) is 2.16. The summed E-state index contributed by atoms with van der Waals surface area (Å²) in [5.74, 6) is -0.820. The van der Waals surface area contributed by atoms with Gasteiger partial charge in [-0.2, -0.15) is 13.2 Å². The normalized spacial score (nSPS) is 15.8. The second-order valence-corrected chi connectivity index (χ2v) is 4.94. The smallest absolute Gasteiger partial charge is 0.417 e. The maximum absolute atomic E-state index is 12.6. The van der Waals surface area contributed by atoms with E-state index in [1.807, 2.05) is 0 Å². The van der Waals surface area contributed by atoms with Crippen molar-refractivity contribution in [3.8, 4) is 5.75 Å². The molecule has 0 spiro atoms. The van der Waals surface area contributed by atoms with E-state index in [1.165, 1.54) is 6.42 Å². The molecular formula is C14H15F3O3. The number of hydrogen-bond donors (Lipinski definition) is 1. The molecular weight excluding hydrogens is 273 g/mol. The molecule has 0 unspecified atom stereocenters.